The minimum Gasteiger partial charge on any atom is -0.497 e. The molecule has 0 atom stereocenters. The van der Waals surface area contributed by atoms with E-state index in [9.17, 15) is 4.79 Å². The average molecular weight is 498 g/mol. The smallest absolute Gasteiger partial charge is 0.223 e. The van der Waals surface area contributed by atoms with Crippen molar-refractivity contribution in [2.24, 2.45) is 5.92 Å². The Hall–Kier alpha value is -4.00. The highest BCUT2D eigenvalue weighted by Gasteiger charge is 2.30. The number of carbonyl (C=O) groups excluding carboxylic acids is 1. The summed E-state index contributed by atoms with van der Waals surface area (Å²) in [5, 5.41) is 8.12. The lowest BCUT2D eigenvalue weighted by Crippen LogP contribution is -2.41. The van der Waals surface area contributed by atoms with E-state index in [4.69, 9.17) is 9.84 Å². The molecular weight excluding hydrogens is 462 g/mol. The van der Waals surface area contributed by atoms with Crippen LogP contribution < -0.4 is 15.0 Å². The largest absolute Gasteiger partial charge is 0.497 e. The fourth-order valence-corrected chi connectivity index (χ4v) is 5.25. The van der Waals surface area contributed by atoms with Crippen molar-refractivity contribution in [1.29, 1.82) is 0 Å². The van der Waals surface area contributed by atoms with Crippen LogP contribution in [0.1, 0.15) is 35.5 Å². The molecule has 1 N–H and O–H groups in total. The second kappa shape index (κ2) is 10.5. The van der Waals surface area contributed by atoms with Crippen molar-refractivity contribution in [3.05, 3.63) is 89.4 Å². The lowest BCUT2D eigenvalue weighted by molar-refractivity contribution is -0.125. The zero-order valence-electron chi connectivity index (χ0n) is 22.1. The summed E-state index contributed by atoms with van der Waals surface area (Å²) in [6, 6.07) is 22.4. The summed E-state index contributed by atoms with van der Waals surface area (Å²) in [6.45, 7) is 8.47. The summed E-state index contributed by atoms with van der Waals surface area (Å²) >= 11 is 0. The van der Waals surface area contributed by atoms with Crippen LogP contribution in [0.15, 0.2) is 66.7 Å². The number of nitrogens with zero attached hydrogens (tertiary/aromatic N) is 4. The maximum absolute atomic E-state index is 13.0. The predicted molar refractivity (Wildman–Crippen MR) is 147 cm³/mol. The number of para-hydroxylation sites is 1. The van der Waals surface area contributed by atoms with Gasteiger partial charge in [-0.3, -0.25) is 4.79 Å². The van der Waals surface area contributed by atoms with Crippen molar-refractivity contribution in [1.82, 2.24) is 19.7 Å². The second-order valence-electron chi connectivity index (χ2n) is 9.78. The fourth-order valence-electron chi connectivity index (χ4n) is 5.25. The molecule has 5 rings (SSSR count). The molecule has 0 radical (unpaired) electrons. The zero-order chi connectivity index (χ0) is 25.9. The first-order valence-corrected chi connectivity index (χ1v) is 12.9. The first-order chi connectivity index (χ1) is 18.0. The standard InChI is InChI=1S/C30H35N5O2/c1-21-10-11-22(2)34(21)28-23(3)32-35(26-8-6-5-7-9-26)30(28)33-18-16-25(17-19-33)29(36)31-20-24-12-14-27(37-4)15-13-24/h5-15,25H,16-20H2,1-4H3,(H,31,36). The van der Waals surface area contributed by atoms with E-state index in [1.54, 1.807) is 7.11 Å². The maximum Gasteiger partial charge on any atom is 0.223 e. The van der Waals surface area contributed by atoms with Crippen molar-refractivity contribution in [2.75, 3.05) is 25.1 Å². The minimum atomic E-state index is 0.00203. The lowest BCUT2D eigenvalue weighted by Gasteiger charge is -2.34. The molecule has 192 valence electrons. The summed E-state index contributed by atoms with van der Waals surface area (Å²) in [4.78, 5) is 15.4. The van der Waals surface area contributed by atoms with Gasteiger partial charge in [-0.1, -0.05) is 30.3 Å². The highest BCUT2D eigenvalue weighted by atomic mass is 16.5. The van der Waals surface area contributed by atoms with Crippen molar-refractivity contribution in [2.45, 2.75) is 40.2 Å². The van der Waals surface area contributed by atoms with Gasteiger partial charge in [-0.2, -0.15) is 5.10 Å². The monoisotopic (exact) mass is 497 g/mol. The molecule has 7 heteroatoms. The first-order valence-electron chi connectivity index (χ1n) is 12.9. The van der Waals surface area contributed by atoms with E-state index in [1.807, 2.05) is 42.5 Å². The number of carbonyl (C=O) groups is 1. The first kappa shape index (κ1) is 24.7. The van der Waals surface area contributed by atoms with Gasteiger partial charge in [0.15, 0.2) is 5.82 Å². The molecule has 1 aliphatic heterocycles. The van der Waals surface area contributed by atoms with Crippen LogP contribution in [0.3, 0.4) is 0 Å². The van der Waals surface area contributed by atoms with E-state index < -0.39 is 0 Å². The Balaban J connectivity index is 1.35. The van der Waals surface area contributed by atoms with Gasteiger partial charge in [0.2, 0.25) is 5.91 Å². The number of aromatic nitrogens is 3. The summed E-state index contributed by atoms with van der Waals surface area (Å²) in [6.07, 6.45) is 1.60. The van der Waals surface area contributed by atoms with Crippen molar-refractivity contribution < 1.29 is 9.53 Å². The van der Waals surface area contributed by atoms with Gasteiger partial charge in [-0.15, -0.1) is 0 Å². The summed E-state index contributed by atoms with van der Waals surface area (Å²) in [7, 11) is 1.65. The number of benzene rings is 2. The maximum atomic E-state index is 13.0. The molecule has 7 nitrogen and oxygen atoms in total. The third-order valence-electron chi connectivity index (χ3n) is 7.29. The SMILES string of the molecule is COc1ccc(CNC(=O)C2CCN(c3c(-n4c(C)ccc4C)c(C)nn3-c3ccccc3)CC2)cc1. The molecule has 1 saturated heterocycles. The van der Waals surface area contributed by atoms with Gasteiger partial charge in [-0.25, -0.2) is 4.68 Å². The van der Waals surface area contributed by atoms with E-state index in [0.29, 0.717) is 6.54 Å². The molecule has 1 fully saturated rings. The topological polar surface area (TPSA) is 64.3 Å². The Morgan fingerprint density at radius 2 is 1.59 bits per heavy atom. The quantitative estimate of drug-likeness (QED) is 0.385. The molecule has 4 aromatic rings. The highest BCUT2D eigenvalue weighted by molar-refractivity contribution is 5.79. The van der Waals surface area contributed by atoms with Gasteiger partial charge in [0.1, 0.15) is 11.4 Å². The van der Waals surface area contributed by atoms with Gasteiger partial charge in [0.25, 0.3) is 0 Å². The van der Waals surface area contributed by atoms with Crippen LogP contribution in [0.25, 0.3) is 11.4 Å². The van der Waals surface area contributed by atoms with Gasteiger partial charge in [0, 0.05) is 36.9 Å². The Labute approximate surface area is 218 Å². The molecule has 0 saturated carbocycles. The van der Waals surface area contributed by atoms with Crippen LogP contribution in [-0.2, 0) is 11.3 Å². The number of aryl methyl sites for hydroxylation is 3. The number of nitrogens with one attached hydrogen (secondary N) is 1. The summed E-state index contributed by atoms with van der Waals surface area (Å²) in [5.74, 6) is 2.03. The van der Waals surface area contributed by atoms with Gasteiger partial charge in [-0.05, 0) is 75.6 Å². The summed E-state index contributed by atoms with van der Waals surface area (Å²) in [5.41, 5.74) is 6.57. The normalized spacial score (nSPS) is 14.1. The Morgan fingerprint density at radius 1 is 0.946 bits per heavy atom. The molecule has 0 bridgehead atoms. The third-order valence-corrected chi connectivity index (χ3v) is 7.29. The van der Waals surface area contributed by atoms with Crippen molar-refractivity contribution >= 4 is 11.7 Å². The van der Waals surface area contributed by atoms with Gasteiger partial charge < -0.3 is 19.5 Å². The highest BCUT2D eigenvalue weighted by Crippen LogP contribution is 2.35. The van der Waals surface area contributed by atoms with Crippen LogP contribution in [0.4, 0.5) is 5.82 Å². The fraction of sp³-hybridized carbons (Fsp3) is 0.333. The van der Waals surface area contributed by atoms with Gasteiger partial charge >= 0.3 is 0 Å². The van der Waals surface area contributed by atoms with E-state index in [2.05, 4.69) is 64.5 Å². The van der Waals surface area contributed by atoms with E-state index >= 15 is 0 Å². The number of methoxy groups -OCH3 is 1. The Kier molecular flexibility index (Phi) is 7.04. The van der Waals surface area contributed by atoms with Crippen molar-refractivity contribution in [3.63, 3.8) is 0 Å². The molecule has 0 spiro atoms. The molecule has 3 heterocycles. The number of anilines is 1. The second-order valence-corrected chi connectivity index (χ2v) is 9.78. The van der Waals surface area contributed by atoms with E-state index in [1.165, 1.54) is 11.4 Å². The minimum absolute atomic E-state index is 0.00203. The molecule has 2 aromatic carbocycles. The number of amides is 1. The van der Waals surface area contributed by atoms with E-state index in [0.717, 1.165) is 60.1 Å². The molecule has 0 unspecified atom stereocenters. The lowest BCUT2D eigenvalue weighted by atomic mass is 9.95. The van der Waals surface area contributed by atoms with Gasteiger partial charge in [0.05, 0.1) is 18.5 Å². The molecule has 0 aliphatic carbocycles. The Morgan fingerprint density at radius 3 is 2.22 bits per heavy atom. The number of hydrogen-bond acceptors (Lipinski definition) is 4. The molecular formula is C30H35N5O2. The third kappa shape index (κ3) is 4.99. The van der Waals surface area contributed by atoms with Crippen LogP contribution >= 0.6 is 0 Å². The van der Waals surface area contributed by atoms with Crippen LogP contribution in [-0.4, -0.2) is 40.5 Å². The molecule has 37 heavy (non-hydrogen) atoms. The Bertz CT molecular complexity index is 1340. The van der Waals surface area contributed by atoms with E-state index in [-0.39, 0.29) is 11.8 Å². The number of piperidine rings is 1. The molecule has 2 aromatic heterocycles. The average Bonchev–Trinajstić information content (AvgIpc) is 3.45. The van der Waals surface area contributed by atoms with Crippen LogP contribution in [0, 0.1) is 26.7 Å². The molecule has 1 aliphatic rings. The number of ether oxygens (including phenoxy) is 1. The number of rotatable bonds is 7. The van der Waals surface area contributed by atoms with Crippen LogP contribution in [0.2, 0.25) is 0 Å². The predicted octanol–water partition coefficient (Wildman–Crippen LogP) is 5.13. The summed E-state index contributed by atoms with van der Waals surface area (Å²) < 4.78 is 9.58. The van der Waals surface area contributed by atoms with Crippen LogP contribution in [0.5, 0.6) is 5.75 Å². The molecule has 1 amide bonds. The van der Waals surface area contributed by atoms with Crippen molar-refractivity contribution in [3.8, 4) is 17.1 Å². The number of hydrogen-bond donors (Lipinski definition) is 1. The zero-order valence-corrected chi connectivity index (χ0v) is 22.1.